The molecular weight excluding hydrogens is 352 g/mol. The maximum atomic E-state index is 12.3. The lowest BCUT2D eigenvalue weighted by Crippen LogP contribution is -2.19. The van der Waals surface area contributed by atoms with E-state index in [4.69, 9.17) is 9.15 Å². The van der Waals surface area contributed by atoms with E-state index in [-0.39, 0.29) is 18.2 Å². The molecule has 0 unspecified atom stereocenters. The van der Waals surface area contributed by atoms with E-state index in [0.29, 0.717) is 17.3 Å². The average molecular weight is 372 g/mol. The summed E-state index contributed by atoms with van der Waals surface area (Å²) in [5.74, 6) is -0.170. The first kappa shape index (κ1) is 18.1. The van der Waals surface area contributed by atoms with Crippen LogP contribution in [0.15, 0.2) is 46.0 Å². The Kier molecular flexibility index (Phi) is 5.37. The van der Waals surface area contributed by atoms with Crippen LogP contribution < -0.4 is 4.80 Å². The number of hydrogen-bond donors (Lipinski definition) is 0. The third-order valence-corrected chi connectivity index (χ3v) is 5.11. The van der Waals surface area contributed by atoms with Gasteiger partial charge in [-0.25, -0.2) is 0 Å². The van der Waals surface area contributed by atoms with Gasteiger partial charge in [-0.2, -0.15) is 4.99 Å². The third-order valence-electron chi connectivity index (χ3n) is 4.07. The minimum atomic E-state index is -0.447. The molecule has 0 atom stereocenters. The van der Waals surface area contributed by atoms with Gasteiger partial charge in [0.25, 0.3) is 0 Å². The molecule has 0 aliphatic rings. The van der Waals surface area contributed by atoms with E-state index < -0.39 is 5.91 Å². The van der Waals surface area contributed by atoms with Crippen LogP contribution in [0.5, 0.6) is 0 Å². The fourth-order valence-electron chi connectivity index (χ4n) is 2.60. The number of aryl methyl sites for hydroxylation is 1. The highest BCUT2D eigenvalue weighted by Crippen LogP contribution is 2.24. The molecule has 2 heterocycles. The van der Waals surface area contributed by atoms with E-state index in [2.05, 4.69) is 31.0 Å². The number of aromatic nitrogens is 1. The van der Waals surface area contributed by atoms with Crippen LogP contribution in [0.3, 0.4) is 0 Å². The molecule has 0 radical (unpaired) electrons. The monoisotopic (exact) mass is 372 g/mol. The van der Waals surface area contributed by atoms with Crippen LogP contribution >= 0.6 is 11.3 Å². The molecule has 6 nitrogen and oxygen atoms in total. The van der Waals surface area contributed by atoms with Gasteiger partial charge in [-0.15, -0.1) is 0 Å². The third kappa shape index (κ3) is 3.77. The quantitative estimate of drug-likeness (QED) is 0.640. The van der Waals surface area contributed by atoms with Crippen molar-refractivity contribution in [2.24, 2.45) is 4.99 Å². The molecule has 0 aliphatic carbocycles. The van der Waals surface area contributed by atoms with Gasteiger partial charge in [0.2, 0.25) is 0 Å². The molecule has 0 saturated heterocycles. The molecule has 1 amide bonds. The van der Waals surface area contributed by atoms with Crippen LogP contribution in [0.1, 0.15) is 42.3 Å². The number of thiazole rings is 1. The van der Waals surface area contributed by atoms with E-state index >= 15 is 0 Å². The van der Waals surface area contributed by atoms with E-state index in [1.54, 1.807) is 12.1 Å². The molecule has 1 aromatic carbocycles. The summed E-state index contributed by atoms with van der Waals surface area (Å²) in [5.41, 5.74) is 2.15. The maximum absolute atomic E-state index is 12.3. The van der Waals surface area contributed by atoms with Gasteiger partial charge in [0.05, 0.1) is 30.0 Å². The molecule has 2 aromatic heterocycles. The van der Waals surface area contributed by atoms with Crippen molar-refractivity contribution in [3.05, 3.63) is 52.7 Å². The lowest BCUT2D eigenvalue weighted by molar-refractivity contribution is -0.140. The van der Waals surface area contributed by atoms with Gasteiger partial charge in [0, 0.05) is 6.54 Å². The number of carbonyl (C=O) groups is 2. The van der Waals surface area contributed by atoms with Crippen LogP contribution in [0.2, 0.25) is 0 Å². The summed E-state index contributed by atoms with van der Waals surface area (Å²) < 4.78 is 12.8. The molecule has 26 heavy (non-hydrogen) atoms. The molecule has 3 rings (SSSR count). The van der Waals surface area contributed by atoms with Gasteiger partial charge in [-0.05, 0) is 35.7 Å². The Bertz CT molecular complexity index is 996. The Balaban J connectivity index is 2.09. The number of carbonyl (C=O) groups excluding carboxylic acids is 2. The Labute approximate surface area is 154 Å². The summed E-state index contributed by atoms with van der Waals surface area (Å²) in [6, 6.07) is 9.40. The number of amides is 1. The van der Waals surface area contributed by atoms with E-state index in [1.165, 1.54) is 30.3 Å². The predicted molar refractivity (Wildman–Crippen MR) is 99.1 cm³/mol. The molecule has 0 bridgehead atoms. The normalized spacial score (nSPS) is 12.1. The number of furan rings is 1. The Hall–Kier alpha value is -2.67. The summed E-state index contributed by atoms with van der Waals surface area (Å²) in [6.45, 7) is 4.65. The number of rotatable bonds is 5. The lowest BCUT2D eigenvalue weighted by atomic mass is 10.0. The van der Waals surface area contributed by atoms with Gasteiger partial charge in [0.1, 0.15) is 0 Å². The largest absolute Gasteiger partial charge is 0.469 e. The van der Waals surface area contributed by atoms with Crippen molar-refractivity contribution in [2.45, 2.75) is 32.7 Å². The number of nitrogens with zero attached hydrogens (tertiary/aromatic N) is 2. The highest BCUT2D eigenvalue weighted by atomic mass is 32.1. The second-order valence-electron chi connectivity index (χ2n) is 6.14. The summed E-state index contributed by atoms with van der Waals surface area (Å²) in [4.78, 5) is 28.6. The van der Waals surface area contributed by atoms with E-state index in [9.17, 15) is 9.59 Å². The van der Waals surface area contributed by atoms with Crippen molar-refractivity contribution in [1.29, 1.82) is 0 Å². The van der Waals surface area contributed by atoms with Gasteiger partial charge in [-0.3, -0.25) is 9.59 Å². The van der Waals surface area contributed by atoms with Gasteiger partial charge in [-0.1, -0.05) is 31.3 Å². The first-order chi connectivity index (χ1) is 12.5. The topological polar surface area (TPSA) is 73.8 Å². The Morgan fingerprint density at radius 1 is 1.31 bits per heavy atom. The first-order valence-electron chi connectivity index (χ1n) is 8.32. The second-order valence-corrected chi connectivity index (χ2v) is 7.15. The van der Waals surface area contributed by atoms with E-state index in [0.717, 1.165) is 10.2 Å². The molecule has 0 aliphatic heterocycles. The average Bonchev–Trinajstić information content (AvgIpc) is 3.27. The Morgan fingerprint density at radius 3 is 2.77 bits per heavy atom. The number of esters is 1. The zero-order chi connectivity index (χ0) is 18.7. The molecule has 136 valence electrons. The fraction of sp³-hybridized carbons (Fsp3) is 0.316. The molecule has 7 heteroatoms. The lowest BCUT2D eigenvalue weighted by Gasteiger charge is -2.07. The van der Waals surface area contributed by atoms with Crippen molar-refractivity contribution in [1.82, 2.24) is 4.57 Å². The SMILES string of the molecule is COC(=O)CCn1c(=NC(=O)c2ccco2)sc2cc(C(C)C)ccc21. The van der Waals surface area contributed by atoms with Crippen LogP contribution in [0.4, 0.5) is 0 Å². The van der Waals surface area contributed by atoms with Crippen LogP contribution in [-0.4, -0.2) is 23.6 Å². The van der Waals surface area contributed by atoms with Gasteiger partial charge in [0.15, 0.2) is 10.6 Å². The van der Waals surface area contributed by atoms with E-state index in [1.807, 2.05) is 10.6 Å². The summed E-state index contributed by atoms with van der Waals surface area (Å²) in [7, 11) is 1.36. The summed E-state index contributed by atoms with van der Waals surface area (Å²) in [5, 5.41) is 0. The maximum Gasteiger partial charge on any atom is 0.315 e. The van der Waals surface area contributed by atoms with Crippen LogP contribution in [-0.2, 0) is 16.1 Å². The highest BCUT2D eigenvalue weighted by molar-refractivity contribution is 7.16. The number of hydrogen-bond acceptors (Lipinski definition) is 5. The van der Waals surface area contributed by atoms with Crippen molar-refractivity contribution in [3.8, 4) is 0 Å². The van der Waals surface area contributed by atoms with Crippen molar-refractivity contribution in [2.75, 3.05) is 7.11 Å². The molecular formula is C19H20N2O4S. The molecule has 0 spiro atoms. The minimum absolute atomic E-state index is 0.185. The molecule has 0 fully saturated rings. The van der Waals surface area contributed by atoms with Crippen LogP contribution in [0, 0.1) is 0 Å². The van der Waals surface area contributed by atoms with Crippen LogP contribution in [0.25, 0.3) is 10.2 Å². The summed E-state index contributed by atoms with van der Waals surface area (Å²) in [6.07, 6.45) is 1.64. The fourth-order valence-corrected chi connectivity index (χ4v) is 3.70. The predicted octanol–water partition coefficient (Wildman–Crippen LogP) is 3.72. The zero-order valence-electron chi connectivity index (χ0n) is 14.9. The number of fused-ring (bicyclic) bond motifs is 1. The van der Waals surface area contributed by atoms with Gasteiger partial charge >= 0.3 is 11.9 Å². The standard InChI is InChI=1S/C19H20N2O4S/c1-12(2)13-6-7-14-16(11-13)26-19(21(14)9-8-17(22)24-3)20-18(23)15-5-4-10-25-15/h4-7,10-12H,8-9H2,1-3H3. The highest BCUT2D eigenvalue weighted by Gasteiger charge is 2.13. The molecule has 3 aromatic rings. The van der Waals surface area contributed by atoms with Crippen molar-refractivity contribution in [3.63, 3.8) is 0 Å². The number of ether oxygens (including phenoxy) is 1. The smallest absolute Gasteiger partial charge is 0.315 e. The minimum Gasteiger partial charge on any atom is -0.469 e. The first-order valence-corrected chi connectivity index (χ1v) is 9.14. The number of methoxy groups -OCH3 is 1. The van der Waals surface area contributed by atoms with Crippen molar-refractivity contribution < 1.29 is 18.7 Å². The zero-order valence-corrected chi connectivity index (χ0v) is 15.7. The van der Waals surface area contributed by atoms with Gasteiger partial charge < -0.3 is 13.7 Å². The second kappa shape index (κ2) is 7.70. The Morgan fingerprint density at radius 2 is 2.12 bits per heavy atom. The summed E-state index contributed by atoms with van der Waals surface area (Å²) >= 11 is 1.42. The van der Waals surface area contributed by atoms with Crippen molar-refractivity contribution >= 4 is 33.4 Å². The number of benzene rings is 1. The molecule has 0 saturated carbocycles. The molecule has 0 N–H and O–H groups in total.